The Morgan fingerprint density at radius 3 is 2.81 bits per heavy atom. The summed E-state index contributed by atoms with van der Waals surface area (Å²) >= 11 is 1.52. The van der Waals surface area contributed by atoms with E-state index in [9.17, 15) is 9.59 Å². The Labute approximate surface area is 163 Å². The highest BCUT2D eigenvalue weighted by atomic mass is 32.1. The van der Waals surface area contributed by atoms with Gasteiger partial charge in [-0.2, -0.15) is 0 Å². The summed E-state index contributed by atoms with van der Waals surface area (Å²) in [5, 5.41) is 3.64. The molecule has 2 aromatic rings. The first-order valence-corrected chi connectivity index (χ1v) is 10.3. The molecule has 0 saturated carbocycles. The summed E-state index contributed by atoms with van der Waals surface area (Å²) < 4.78 is 4.96. The Balaban J connectivity index is 1.48. The van der Waals surface area contributed by atoms with Crippen LogP contribution in [0.1, 0.15) is 51.7 Å². The van der Waals surface area contributed by atoms with Gasteiger partial charge in [0, 0.05) is 10.9 Å². The number of hydrogen-bond donors (Lipinski definition) is 1. The van der Waals surface area contributed by atoms with Gasteiger partial charge in [0.05, 0.1) is 19.2 Å². The molecule has 1 fully saturated rings. The molecule has 1 aromatic heterocycles. The molecule has 27 heavy (non-hydrogen) atoms. The first-order chi connectivity index (χ1) is 13.2. The number of carbonyl (C=O) groups excluding carboxylic acids is 2. The Morgan fingerprint density at radius 2 is 2.04 bits per heavy atom. The first-order valence-electron chi connectivity index (χ1n) is 9.49. The molecule has 0 bridgehead atoms. The number of aryl methyl sites for hydroxylation is 1. The maximum atomic E-state index is 12.7. The summed E-state index contributed by atoms with van der Waals surface area (Å²) in [7, 11) is 1.39. The van der Waals surface area contributed by atoms with E-state index in [0.29, 0.717) is 17.1 Å². The lowest BCUT2D eigenvalue weighted by atomic mass is 10.0. The molecule has 2 heterocycles. The summed E-state index contributed by atoms with van der Waals surface area (Å²) in [6.45, 7) is 1.25. The third kappa shape index (κ3) is 3.64. The highest BCUT2D eigenvalue weighted by Gasteiger charge is 2.30. The molecule has 2 aliphatic rings. The fourth-order valence-corrected chi connectivity index (χ4v) is 5.52. The highest BCUT2D eigenvalue weighted by molar-refractivity contribution is 7.17. The summed E-state index contributed by atoms with van der Waals surface area (Å²) in [4.78, 5) is 28.4. The van der Waals surface area contributed by atoms with Gasteiger partial charge in [-0.15, -0.1) is 11.3 Å². The monoisotopic (exact) mass is 384 g/mol. The minimum atomic E-state index is -0.354. The SMILES string of the molecule is COC(=O)c1c(NC(=O)CN2CCCC2c2ccccc2)sc2c1CCC2. The molecule has 4 rings (SSSR count). The van der Waals surface area contributed by atoms with Gasteiger partial charge in [0.15, 0.2) is 0 Å². The molecule has 1 aliphatic carbocycles. The van der Waals surface area contributed by atoms with Crippen LogP contribution in [0.15, 0.2) is 30.3 Å². The quantitative estimate of drug-likeness (QED) is 0.797. The molecule has 1 atom stereocenters. The average molecular weight is 385 g/mol. The van der Waals surface area contributed by atoms with E-state index in [1.54, 1.807) is 0 Å². The van der Waals surface area contributed by atoms with Crippen molar-refractivity contribution in [1.82, 2.24) is 4.90 Å². The molecule has 142 valence electrons. The van der Waals surface area contributed by atoms with Crippen LogP contribution in [0.5, 0.6) is 0 Å². The minimum absolute atomic E-state index is 0.0668. The van der Waals surface area contributed by atoms with Crippen molar-refractivity contribution in [2.45, 2.75) is 38.1 Å². The lowest BCUT2D eigenvalue weighted by molar-refractivity contribution is -0.117. The van der Waals surface area contributed by atoms with Crippen molar-refractivity contribution in [1.29, 1.82) is 0 Å². The predicted molar refractivity (Wildman–Crippen MR) is 106 cm³/mol. The number of thiophene rings is 1. The number of nitrogens with one attached hydrogen (secondary N) is 1. The van der Waals surface area contributed by atoms with E-state index < -0.39 is 0 Å². The number of likely N-dealkylation sites (tertiary alicyclic amines) is 1. The maximum absolute atomic E-state index is 12.7. The van der Waals surface area contributed by atoms with E-state index in [-0.39, 0.29) is 17.9 Å². The average Bonchev–Trinajstić information content (AvgIpc) is 3.38. The summed E-state index contributed by atoms with van der Waals surface area (Å²) in [5.74, 6) is -0.420. The number of nitrogens with zero attached hydrogens (tertiary/aromatic N) is 1. The standard InChI is InChI=1S/C21H24N2O3S/c1-26-21(25)19-15-9-5-11-17(15)27-20(19)22-18(24)13-23-12-6-10-16(23)14-7-3-2-4-8-14/h2-4,7-8,16H,5-6,9-13H2,1H3,(H,22,24). The predicted octanol–water partition coefficient (Wildman–Crippen LogP) is 3.80. The lowest BCUT2D eigenvalue weighted by Crippen LogP contribution is -2.33. The summed E-state index contributed by atoms with van der Waals surface area (Å²) in [5.41, 5.74) is 2.88. The number of benzene rings is 1. The van der Waals surface area contributed by atoms with E-state index in [4.69, 9.17) is 4.74 Å². The van der Waals surface area contributed by atoms with Crippen molar-refractivity contribution >= 4 is 28.2 Å². The van der Waals surface area contributed by atoms with Gasteiger partial charge in [-0.3, -0.25) is 9.69 Å². The molecule has 1 unspecified atom stereocenters. The Morgan fingerprint density at radius 1 is 1.22 bits per heavy atom. The third-order valence-electron chi connectivity index (χ3n) is 5.46. The molecule has 1 N–H and O–H groups in total. The van der Waals surface area contributed by atoms with E-state index in [0.717, 1.165) is 44.2 Å². The maximum Gasteiger partial charge on any atom is 0.341 e. The molecule has 1 saturated heterocycles. The van der Waals surface area contributed by atoms with Crippen molar-refractivity contribution < 1.29 is 14.3 Å². The number of esters is 1. The highest BCUT2D eigenvalue weighted by Crippen LogP contribution is 2.39. The number of carbonyl (C=O) groups is 2. The molecule has 0 spiro atoms. The zero-order valence-corrected chi connectivity index (χ0v) is 16.3. The van der Waals surface area contributed by atoms with Crippen molar-refractivity contribution in [3.05, 3.63) is 51.9 Å². The van der Waals surface area contributed by atoms with Crippen molar-refractivity contribution in [3.63, 3.8) is 0 Å². The summed E-state index contributed by atoms with van der Waals surface area (Å²) in [6, 6.07) is 10.6. The molecule has 1 aromatic carbocycles. The Hall–Kier alpha value is -2.18. The molecule has 1 aliphatic heterocycles. The fraction of sp³-hybridized carbons (Fsp3) is 0.429. The molecular formula is C21H24N2O3S. The van der Waals surface area contributed by atoms with Gasteiger partial charge < -0.3 is 10.1 Å². The first kappa shape index (κ1) is 18.2. The second-order valence-corrected chi connectivity index (χ2v) is 8.25. The van der Waals surface area contributed by atoms with Crippen LogP contribution in [0, 0.1) is 0 Å². The largest absolute Gasteiger partial charge is 0.465 e. The van der Waals surface area contributed by atoms with Gasteiger partial charge >= 0.3 is 5.97 Å². The van der Waals surface area contributed by atoms with E-state index in [2.05, 4.69) is 22.3 Å². The van der Waals surface area contributed by atoms with Gasteiger partial charge in [-0.1, -0.05) is 30.3 Å². The van der Waals surface area contributed by atoms with Crippen LogP contribution in [-0.4, -0.2) is 37.0 Å². The van der Waals surface area contributed by atoms with Crippen molar-refractivity contribution in [2.24, 2.45) is 0 Å². The number of methoxy groups -OCH3 is 1. The molecule has 0 radical (unpaired) electrons. The van der Waals surface area contributed by atoms with E-state index >= 15 is 0 Å². The number of rotatable bonds is 5. The normalized spacial score (nSPS) is 19.1. The van der Waals surface area contributed by atoms with Crippen LogP contribution < -0.4 is 5.32 Å². The smallest absolute Gasteiger partial charge is 0.341 e. The van der Waals surface area contributed by atoms with Crippen LogP contribution in [0.3, 0.4) is 0 Å². The number of fused-ring (bicyclic) bond motifs is 1. The Kier molecular flexibility index (Phi) is 5.27. The third-order valence-corrected chi connectivity index (χ3v) is 6.67. The number of amides is 1. The number of hydrogen-bond acceptors (Lipinski definition) is 5. The molecule has 6 heteroatoms. The Bertz CT molecular complexity index is 847. The minimum Gasteiger partial charge on any atom is -0.465 e. The van der Waals surface area contributed by atoms with Crippen LogP contribution in [-0.2, 0) is 22.4 Å². The summed E-state index contributed by atoms with van der Waals surface area (Å²) in [6.07, 6.45) is 5.08. The fourth-order valence-electron chi connectivity index (χ4n) is 4.23. The van der Waals surface area contributed by atoms with Gasteiger partial charge in [0.1, 0.15) is 5.00 Å². The van der Waals surface area contributed by atoms with E-state index in [1.165, 1.54) is 28.9 Å². The number of anilines is 1. The second-order valence-electron chi connectivity index (χ2n) is 7.14. The molecule has 1 amide bonds. The zero-order chi connectivity index (χ0) is 18.8. The van der Waals surface area contributed by atoms with Crippen LogP contribution in [0.4, 0.5) is 5.00 Å². The van der Waals surface area contributed by atoms with Crippen molar-refractivity contribution in [3.8, 4) is 0 Å². The molecule has 5 nitrogen and oxygen atoms in total. The van der Waals surface area contributed by atoms with Crippen LogP contribution >= 0.6 is 11.3 Å². The topological polar surface area (TPSA) is 58.6 Å². The van der Waals surface area contributed by atoms with Gasteiger partial charge in [0.2, 0.25) is 5.91 Å². The van der Waals surface area contributed by atoms with Crippen molar-refractivity contribution in [2.75, 3.05) is 25.5 Å². The van der Waals surface area contributed by atoms with Crippen LogP contribution in [0.25, 0.3) is 0 Å². The number of ether oxygens (including phenoxy) is 1. The second kappa shape index (κ2) is 7.82. The van der Waals surface area contributed by atoms with Gasteiger partial charge in [-0.05, 0) is 49.8 Å². The zero-order valence-electron chi connectivity index (χ0n) is 15.5. The van der Waals surface area contributed by atoms with Gasteiger partial charge in [-0.25, -0.2) is 4.79 Å². The van der Waals surface area contributed by atoms with E-state index in [1.807, 2.05) is 18.2 Å². The lowest BCUT2D eigenvalue weighted by Gasteiger charge is -2.24. The van der Waals surface area contributed by atoms with Crippen LogP contribution in [0.2, 0.25) is 0 Å². The van der Waals surface area contributed by atoms with Gasteiger partial charge in [0.25, 0.3) is 0 Å². The molecular weight excluding hydrogens is 360 g/mol.